The second-order valence-electron chi connectivity index (χ2n) is 8.46. The van der Waals surface area contributed by atoms with Gasteiger partial charge in [0.2, 0.25) is 0 Å². The molecule has 0 spiro atoms. The maximum absolute atomic E-state index is 11.1. The number of hydrogen-bond donors (Lipinski definition) is 0. The van der Waals surface area contributed by atoms with Gasteiger partial charge in [0.15, 0.2) is 11.5 Å². The third-order valence-electron chi connectivity index (χ3n) is 5.94. The van der Waals surface area contributed by atoms with Gasteiger partial charge in [-0.1, -0.05) is 5.92 Å². The number of fused-ring (bicyclic) bond motifs is 1. The lowest BCUT2D eigenvalue weighted by Crippen LogP contribution is -2.14. The Kier molecular flexibility index (Phi) is 7.40. The highest BCUT2D eigenvalue weighted by molar-refractivity contribution is 7.24. The minimum Gasteiger partial charge on any atom is -0.485 e. The van der Waals surface area contributed by atoms with E-state index in [1.165, 1.54) is 6.20 Å². The number of thiophene rings is 2. The van der Waals surface area contributed by atoms with Gasteiger partial charge in [0, 0.05) is 40.3 Å². The van der Waals surface area contributed by atoms with Crippen LogP contribution in [-0.4, -0.2) is 41.1 Å². The summed E-state index contributed by atoms with van der Waals surface area (Å²) < 4.78 is 21.9. The molecule has 41 heavy (non-hydrogen) atoms. The van der Waals surface area contributed by atoms with Crippen molar-refractivity contribution in [2.24, 2.45) is 0 Å². The smallest absolute Gasteiger partial charge is 0.298 e. The fraction of sp³-hybridized carbons (Fsp3) is 0.100. The first-order chi connectivity index (χ1) is 20.2. The summed E-state index contributed by atoms with van der Waals surface area (Å²) in [6.07, 6.45) is 3.20. The minimum atomic E-state index is 0.268. The maximum atomic E-state index is 11.1. The number of hydrogen-bond acceptors (Lipinski definition) is 11. The van der Waals surface area contributed by atoms with Crippen molar-refractivity contribution in [3.05, 3.63) is 65.8 Å². The second kappa shape index (κ2) is 11.6. The van der Waals surface area contributed by atoms with E-state index in [1.54, 1.807) is 60.1 Å². The van der Waals surface area contributed by atoms with Crippen molar-refractivity contribution in [3.8, 4) is 77.8 Å². The lowest BCUT2D eigenvalue weighted by Gasteiger charge is -2.16. The lowest BCUT2D eigenvalue weighted by atomic mass is 10.1. The first kappa shape index (κ1) is 26.2. The molecule has 0 saturated carbocycles. The summed E-state index contributed by atoms with van der Waals surface area (Å²) in [5.74, 6) is 8.10. The molecule has 11 heteroatoms. The molecular formula is C30H19N3O6S2. The number of ether oxygens (including phenoxy) is 4. The Morgan fingerprint density at radius 1 is 0.780 bits per heavy atom. The van der Waals surface area contributed by atoms with Gasteiger partial charge < -0.3 is 18.9 Å². The normalized spacial score (nSPS) is 11.7. The van der Waals surface area contributed by atoms with Crippen molar-refractivity contribution in [1.29, 1.82) is 0 Å². The van der Waals surface area contributed by atoms with Crippen LogP contribution in [0.15, 0.2) is 60.9 Å². The third kappa shape index (κ3) is 5.38. The molecule has 6 heterocycles. The maximum Gasteiger partial charge on any atom is 0.298 e. The molecule has 0 bridgehead atoms. The summed E-state index contributed by atoms with van der Waals surface area (Å²) in [5.41, 5.74) is 2.82. The van der Waals surface area contributed by atoms with E-state index in [2.05, 4.69) is 27.9 Å². The molecule has 9 nitrogen and oxygen atoms in total. The zero-order valence-electron chi connectivity index (χ0n) is 21.5. The predicted molar refractivity (Wildman–Crippen MR) is 154 cm³/mol. The predicted octanol–water partition coefficient (Wildman–Crippen LogP) is 5.88. The topological polar surface area (TPSA) is 110 Å². The van der Waals surface area contributed by atoms with E-state index in [4.69, 9.17) is 23.9 Å². The van der Waals surface area contributed by atoms with Gasteiger partial charge in [0.25, 0.3) is 12.9 Å². The number of nitrogens with zero attached hydrogens (tertiary/aromatic N) is 3. The first-order valence-corrected chi connectivity index (χ1v) is 13.9. The Morgan fingerprint density at radius 3 is 2.20 bits per heavy atom. The van der Waals surface area contributed by atoms with Crippen LogP contribution in [0.25, 0.3) is 43.0 Å². The van der Waals surface area contributed by atoms with Gasteiger partial charge in [-0.3, -0.25) is 19.6 Å². The van der Waals surface area contributed by atoms with E-state index in [-0.39, 0.29) is 5.75 Å². The summed E-state index contributed by atoms with van der Waals surface area (Å²) in [6, 6.07) is 14.3. The van der Waals surface area contributed by atoms with Crippen molar-refractivity contribution < 1.29 is 28.5 Å². The average molecular weight is 582 g/mol. The Bertz CT molecular complexity index is 1840. The number of carbonyl (C=O) groups excluding carboxylic acids is 2. The van der Waals surface area contributed by atoms with E-state index in [9.17, 15) is 9.59 Å². The first-order valence-electron chi connectivity index (χ1n) is 12.3. The highest BCUT2D eigenvalue weighted by Gasteiger charge is 2.25. The summed E-state index contributed by atoms with van der Waals surface area (Å²) in [7, 11) is 0. The molecule has 0 N–H and O–H groups in total. The molecule has 0 unspecified atom stereocenters. The Morgan fingerprint density at radius 2 is 1.44 bits per heavy atom. The molecule has 6 rings (SSSR count). The highest BCUT2D eigenvalue weighted by atomic mass is 32.1. The molecule has 1 aliphatic rings. The van der Waals surface area contributed by atoms with Crippen LogP contribution >= 0.6 is 22.7 Å². The van der Waals surface area contributed by atoms with Crippen LogP contribution in [0.4, 0.5) is 0 Å². The monoisotopic (exact) mass is 581 g/mol. The van der Waals surface area contributed by atoms with Gasteiger partial charge in [-0.2, -0.15) is 0 Å². The summed E-state index contributed by atoms with van der Waals surface area (Å²) >= 11 is 3.18. The molecule has 1 aliphatic heterocycles. The largest absolute Gasteiger partial charge is 0.485 e. The second-order valence-corrected chi connectivity index (χ2v) is 10.6. The van der Waals surface area contributed by atoms with E-state index >= 15 is 0 Å². The van der Waals surface area contributed by atoms with Crippen LogP contribution in [0.2, 0.25) is 0 Å². The summed E-state index contributed by atoms with van der Waals surface area (Å²) in [4.78, 5) is 39.4. The highest BCUT2D eigenvalue weighted by Crippen LogP contribution is 2.51. The Balaban J connectivity index is 1.36. The molecule has 0 saturated heterocycles. The third-order valence-corrected chi connectivity index (χ3v) is 8.32. The number of carbonyl (C=O) groups is 2. The minimum absolute atomic E-state index is 0.268. The van der Waals surface area contributed by atoms with Crippen molar-refractivity contribution in [1.82, 2.24) is 15.0 Å². The standard InChI is InChI=1S/C30H19N3O6S2/c1-2-3-26-28-29(37-11-10-36-28)30(41-26)27-5-4-25(40-27)18-6-8-31-21(12-18)23-14-20(39-17-35)15-24(33-23)22-13-19(38-16-34)7-9-32-22/h4-9,12-17H,10-11H2,1H3. The molecule has 202 valence electrons. The van der Waals surface area contributed by atoms with Gasteiger partial charge >= 0.3 is 0 Å². The number of pyridine rings is 3. The van der Waals surface area contributed by atoms with Gasteiger partial charge in [-0.05, 0) is 42.8 Å². The van der Waals surface area contributed by atoms with E-state index in [0.29, 0.717) is 60.4 Å². The zero-order chi connectivity index (χ0) is 28.2. The lowest BCUT2D eigenvalue weighted by molar-refractivity contribution is -0.121. The fourth-order valence-corrected chi connectivity index (χ4v) is 6.42. The van der Waals surface area contributed by atoms with Crippen molar-refractivity contribution in [3.63, 3.8) is 0 Å². The molecule has 0 aliphatic carbocycles. The number of rotatable bonds is 8. The van der Waals surface area contributed by atoms with Gasteiger partial charge in [0.05, 0.1) is 27.7 Å². The van der Waals surface area contributed by atoms with Crippen LogP contribution in [0.3, 0.4) is 0 Å². The van der Waals surface area contributed by atoms with Crippen LogP contribution in [-0.2, 0) is 9.59 Å². The van der Waals surface area contributed by atoms with Crippen LogP contribution in [0.5, 0.6) is 23.0 Å². The molecule has 5 aromatic heterocycles. The molecule has 0 fully saturated rings. The zero-order valence-corrected chi connectivity index (χ0v) is 23.1. The van der Waals surface area contributed by atoms with Gasteiger partial charge in [0.1, 0.15) is 29.6 Å². The van der Waals surface area contributed by atoms with Gasteiger partial charge in [-0.25, -0.2) is 4.98 Å². The summed E-state index contributed by atoms with van der Waals surface area (Å²) in [5, 5.41) is 0. The van der Waals surface area contributed by atoms with E-state index < -0.39 is 0 Å². The van der Waals surface area contributed by atoms with Crippen LogP contribution < -0.4 is 18.9 Å². The van der Waals surface area contributed by atoms with Gasteiger partial charge in [-0.15, -0.1) is 28.6 Å². The Hall–Kier alpha value is -5.05. The molecule has 0 aromatic carbocycles. The molecular weight excluding hydrogens is 562 g/mol. The van der Waals surface area contributed by atoms with E-state index in [1.807, 2.05) is 18.2 Å². The quantitative estimate of drug-likeness (QED) is 0.164. The average Bonchev–Trinajstić information content (AvgIpc) is 3.64. The van der Waals surface area contributed by atoms with Crippen LogP contribution in [0, 0.1) is 11.8 Å². The molecule has 0 amide bonds. The summed E-state index contributed by atoms with van der Waals surface area (Å²) in [6.45, 7) is 3.47. The number of aromatic nitrogens is 3. The molecule has 5 aromatic rings. The van der Waals surface area contributed by atoms with Crippen molar-refractivity contribution in [2.45, 2.75) is 6.92 Å². The molecule has 0 radical (unpaired) electrons. The fourth-order valence-electron chi connectivity index (χ4n) is 4.22. The van der Waals surface area contributed by atoms with Crippen molar-refractivity contribution in [2.75, 3.05) is 13.2 Å². The van der Waals surface area contributed by atoms with E-state index in [0.717, 1.165) is 30.8 Å². The van der Waals surface area contributed by atoms with Crippen molar-refractivity contribution >= 4 is 35.6 Å². The molecule has 0 atom stereocenters. The Labute approximate surface area is 242 Å². The SMILES string of the molecule is CC#Cc1sc(-c2ccc(-c3ccnc(-c4cc(OC=O)cc(-c5cc(OC=O)ccn5)n4)c3)s2)c2c1OCCO2. The van der Waals surface area contributed by atoms with Crippen LogP contribution in [0.1, 0.15) is 11.8 Å².